The molecular weight excluding hydrogens is 416 g/mol. The van der Waals surface area contributed by atoms with Crippen molar-refractivity contribution >= 4 is 17.9 Å². The van der Waals surface area contributed by atoms with Gasteiger partial charge in [0.25, 0.3) is 11.8 Å². The third-order valence-electron chi connectivity index (χ3n) is 5.55. The second-order valence-corrected chi connectivity index (χ2v) is 7.92. The Morgan fingerprint density at radius 2 is 1.97 bits per heavy atom. The van der Waals surface area contributed by atoms with Gasteiger partial charge >= 0.3 is 0 Å². The van der Waals surface area contributed by atoms with Gasteiger partial charge in [-0.25, -0.2) is 17.6 Å². The summed E-state index contributed by atoms with van der Waals surface area (Å²) in [6.45, 7) is -1.39. The fourth-order valence-electron chi connectivity index (χ4n) is 3.79. The molecule has 0 spiro atoms. The maximum atomic E-state index is 13.5. The van der Waals surface area contributed by atoms with Gasteiger partial charge in [-0.3, -0.25) is 14.6 Å². The minimum Gasteiger partial charge on any atom is -0.343 e. The Balaban J connectivity index is 1.61. The molecule has 1 aliphatic heterocycles. The van der Waals surface area contributed by atoms with Gasteiger partial charge in [-0.2, -0.15) is 5.26 Å². The molecule has 1 saturated heterocycles. The maximum absolute atomic E-state index is 13.5. The smallest absolute Gasteiger partial charge is 0.268 e. The molecule has 2 amide bonds. The highest BCUT2D eigenvalue weighted by atomic mass is 19.3. The molecule has 10 heteroatoms. The van der Waals surface area contributed by atoms with Crippen LogP contribution in [0.1, 0.15) is 48.0 Å². The normalized spacial score (nSPS) is 22.9. The second-order valence-electron chi connectivity index (χ2n) is 7.92. The number of hydrogen-bond acceptors (Lipinski definition) is 4. The number of rotatable bonds is 5. The molecule has 1 aliphatic carbocycles. The maximum Gasteiger partial charge on any atom is 0.268 e. The lowest BCUT2D eigenvalue weighted by molar-refractivity contribution is -0.131. The number of carbonyl (C=O) groups is 2. The fourth-order valence-corrected chi connectivity index (χ4v) is 3.79. The zero-order valence-corrected chi connectivity index (χ0v) is 16.7. The minimum absolute atomic E-state index is 0.0305. The minimum atomic E-state index is -3.13. The molecule has 2 aliphatic rings. The first-order chi connectivity index (χ1) is 14.6. The number of nitrogens with zero attached hydrogens (tertiary/aromatic N) is 3. The number of carbonyl (C=O) groups excluding carboxylic acids is 2. The van der Waals surface area contributed by atoms with E-state index in [1.807, 2.05) is 0 Å². The van der Waals surface area contributed by atoms with Crippen molar-refractivity contribution in [1.82, 2.24) is 15.2 Å². The lowest BCUT2D eigenvalue weighted by Gasteiger charge is -2.26. The van der Waals surface area contributed by atoms with Crippen molar-refractivity contribution in [3.05, 3.63) is 35.7 Å². The van der Waals surface area contributed by atoms with E-state index in [9.17, 15) is 27.2 Å². The molecule has 1 saturated carbocycles. The summed E-state index contributed by atoms with van der Waals surface area (Å²) in [5.74, 6) is -7.17. The van der Waals surface area contributed by atoms with Gasteiger partial charge in [0.2, 0.25) is 11.8 Å². The van der Waals surface area contributed by atoms with Gasteiger partial charge < -0.3 is 10.2 Å². The molecule has 1 aromatic heterocycles. The first kappa shape index (κ1) is 22.7. The topological polar surface area (TPSA) is 86.1 Å². The average Bonchev–Trinajstić information content (AvgIpc) is 3.06. The van der Waals surface area contributed by atoms with Crippen molar-refractivity contribution in [2.24, 2.45) is 5.92 Å². The predicted octanol–water partition coefficient (Wildman–Crippen LogP) is 3.41. The molecule has 2 fully saturated rings. The largest absolute Gasteiger partial charge is 0.343 e. The summed E-state index contributed by atoms with van der Waals surface area (Å²) in [5, 5.41) is 11.4. The lowest BCUT2D eigenvalue weighted by atomic mass is 9.86. The molecule has 1 unspecified atom stereocenters. The highest BCUT2D eigenvalue weighted by molar-refractivity contribution is 5.99. The number of pyridine rings is 1. The van der Waals surface area contributed by atoms with Crippen LogP contribution in [0.25, 0.3) is 6.08 Å². The summed E-state index contributed by atoms with van der Waals surface area (Å²) in [4.78, 5) is 29.5. The van der Waals surface area contributed by atoms with Crippen LogP contribution in [-0.2, 0) is 4.79 Å². The van der Waals surface area contributed by atoms with Crippen molar-refractivity contribution in [2.75, 3.05) is 13.1 Å². The number of allylic oxidation sites excluding steroid dienone is 1. The summed E-state index contributed by atoms with van der Waals surface area (Å²) in [5.41, 5.74) is 0.663. The van der Waals surface area contributed by atoms with E-state index in [1.54, 1.807) is 18.2 Å². The first-order valence-electron chi connectivity index (χ1n) is 9.95. The van der Waals surface area contributed by atoms with Gasteiger partial charge in [0.15, 0.2) is 0 Å². The third kappa shape index (κ3) is 5.81. The van der Waals surface area contributed by atoms with Crippen LogP contribution in [0.2, 0.25) is 0 Å². The molecule has 0 aromatic carbocycles. The predicted molar refractivity (Wildman–Crippen MR) is 103 cm³/mol. The molecule has 166 valence electrons. The quantitative estimate of drug-likeness (QED) is 0.714. The fraction of sp³-hybridized carbons (Fsp3) is 0.524. The summed E-state index contributed by atoms with van der Waals surface area (Å²) < 4.78 is 53.6. The van der Waals surface area contributed by atoms with Gasteiger partial charge in [0.1, 0.15) is 6.04 Å². The van der Waals surface area contributed by atoms with Gasteiger partial charge in [-0.15, -0.1) is 0 Å². The number of aromatic nitrogens is 1. The van der Waals surface area contributed by atoms with Crippen molar-refractivity contribution in [1.29, 1.82) is 5.26 Å². The Morgan fingerprint density at radius 3 is 2.65 bits per heavy atom. The molecule has 6 nitrogen and oxygen atoms in total. The standard InChI is InChI=1S/C21H22F4N4O2/c22-20(23)6-3-14(4-7-20)1-2-15-11-27-8-5-17(15)19(31)28-12-18(30)29-13-21(24,25)9-16(29)10-26/h1-2,5,8,11,14,16H,3-4,6-7,9,12-13H2,(H,28,31). The van der Waals surface area contributed by atoms with E-state index in [2.05, 4.69) is 10.3 Å². The average molecular weight is 438 g/mol. The van der Waals surface area contributed by atoms with Crippen LogP contribution < -0.4 is 5.32 Å². The number of amides is 2. The van der Waals surface area contributed by atoms with Crippen molar-refractivity contribution < 1.29 is 27.2 Å². The first-order valence-corrected chi connectivity index (χ1v) is 9.95. The highest BCUT2D eigenvalue weighted by Gasteiger charge is 2.47. The highest BCUT2D eigenvalue weighted by Crippen LogP contribution is 2.37. The van der Waals surface area contributed by atoms with E-state index in [-0.39, 0.29) is 24.3 Å². The molecule has 3 rings (SSSR count). The Bertz CT molecular complexity index is 903. The Kier molecular flexibility index (Phi) is 6.62. The van der Waals surface area contributed by atoms with E-state index in [0.717, 1.165) is 4.90 Å². The summed E-state index contributed by atoms with van der Waals surface area (Å²) in [7, 11) is 0. The van der Waals surface area contributed by atoms with Crippen LogP contribution in [0.3, 0.4) is 0 Å². The molecule has 0 radical (unpaired) electrons. The van der Waals surface area contributed by atoms with Gasteiger partial charge in [-0.05, 0) is 24.8 Å². The number of alkyl halides is 4. The van der Waals surface area contributed by atoms with Crippen LogP contribution in [0.15, 0.2) is 24.5 Å². The molecule has 2 heterocycles. The van der Waals surface area contributed by atoms with E-state index < -0.39 is 49.2 Å². The molecule has 1 aromatic rings. The number of hydrogen-bond donors (Lipinski definition) is 1. The SMILES string of the molecule is N#CC1CC(F)(F)CN1C(=O)CNC(=O)c1ccncc1C=CC1CCC(F)(F)CC1. The van der Waals surface area contributed by atoms with E-state index in [0.29, 0.717) is 18.4 Å². The van der Waals surface area contributed by atoms with Crippen molar-refractivity contribution in [3.63, 3.8) is 0 Å². The van der Waals surface area contributed by atoms with E-state index in [1.165, 1.54) is 18.5 Å². The third-order valence-corrected chi connectivity index (χ3v) is 5.55. The van der Waals surface area contributed by atoms with Crippen LogP contribution >= 0.6 is 0 Å². The summed E-state index contributed by atoms with van der Waals surface area (Å²) >= 11 is 0. The second kappa shape index (κ2) is 9.04. The summed E-state index contributed by atoms with van der Waals surface area (Å²) in [6.07, 6.45) is 5.87. The molecular formula is C21H22F4N4O2. The Labute approximate surface area is 176 Å². The Morgan fingerprint density at radius 1 is 1.26 bits per heavy atom. The van der Waals surface area contributed by atoms with Crippen LogP contribution in [0, 0.1) is 17.2 Å². The van der Waals surface area contributed by atoms with Crippen molar-refractivity contribution in [2.45, 2.75) is 50.0 Å². The number of nitriles is 1. The van der Waals surface area contributed by atoms with Crippen LogP contribution in [0.5, 0.6) is 0 Å². The molecule has 1 atom stereocenters. The zero-order chi connectivity index (χ0) is 22.6. The molecule has 1 N–H and O–H groups in total. The van der Waals surface area contributed by atoms with E-state index in [4.69, 9.17) is 5.26 Å². The molecule has 31 heavy (non-hydrogen) atoms. The molecule has 0 bridgehead atoms. The van der Waals surface area contributed by atoms with Gasteiger partial charge in [0.05, 0.1) is 19.2 Å². The zero-order valence-electron chi connectivity index (χ0n) is 16.7. The van der Waals surface area contributed by atoms with Crippen molar-refractivity contribution in [3.8, 4) is 6.07 Å². The van der Waals surface area contributed by atoms with Gasteiger partial charge in [-0.1, -0.05) is 12.2 Å². The monoisotopic (exact) mass is 438 g/mol. The lowest BCUT2D eigenvalue weighted by Crippen LogP contribution is -2.43. The van der Waals surface area contributed by atoms with Crippen LogP contribution in [-0.4, -0.2) is 52.7 Å². The van der Waals surface area contributed by atoms with Crippen LogP contribution in [0.4, 0.5) is 17.6 Å². The number of halogens is 4. The number of likely N-dealkylation sites (tertiary alicyclic amines) is 1. The summed E-state index contributed by atoms with van der Waals surface area (Å²) in [6, 6.07) is 1.89. The van der Waals surface area contributed by atoms with Gasteiger partial charge in [0, 0.05) is 42.8 Å². The Hall–Kier alpha value is -2.96. The van der Waals surface area contributed by atoms with E-state index >= 15 is 0 Å². The number of nitrogens with one attached hydrogen (secondary N) is 1.